The van der Waals surface area contributed by atoms with Crippen molar-refractivity contribution in [2.45, 2.75) is 18.9 Å². The van der Waals surface area contributed by atoms with Crippen LogP contribution in [0.15, 0.2) is 24.3 Å². The minimum absolute atomic E-state index is 0.0134. The van der Waals surface area contributed by atoms with Crippen LogP contribution in [0.4, 0.5) is 11.4 Å². The predicted octanol–water partition coefficient (Wildman–Crippen LogP) is 1.11. The fraction of sp³-hybridized carbons (Fsp3) is 0.500. The van der Waals surface area contributed by atoms with E-state index in [1.54, 1.807) is 0 Å². The van der Waals surface area contributed by atoms with Gasteiger partial charge in [-0.3, -0.25) is 14.4 Å². The van der Waals surface area contributed by atoms with Gasteiger partial charge in [0.15, 0.2) is 0 Å². The smallest absolute Gasteiger partial charge is 0.269 e. The maximum absolute atomic E-state index is 12.3. The molecule has 1 aromatic rings. The van der Waals surface area contributed by atoms with Gasteiger partial charge in [-0.1, -0.05) is 0 Å². The summed E-state index contributed by atoms with van der Waals surface area (Å²) in [4.78, 5) is 10.1. The van der Waals surface area contributed by atoms with Crippen LogP contribution in [0.1, 0.15) is 12.8 Å². The zero-order valence-corrected chi connectivity index (χ0v) is 12.0. The Morgan fingerprint density at radius 2 is 2.05 bits per heavy atom. The highest BCUT2D eigenvalue weighted by Gasteiger charge is 2.26. The number of sulfonamides is 1. The van der Waals surface area contributed by atoms with Crippen LogP contribution in [0, 0.1) is 10.1 Å². The molecule has 1 saturated heterocycles. The molecule has 1 aliphatic rings. The highest BCUT2D eigenvalue weighted by Crippen LogP contribution is 2.21. The number of nitro benzene ring substituents is 1. The minimum Gasteiger partial charge on any atom is -0.313 e. The molecular formula is C12H17N3O4S. The van der Waals surface area contributed by atoms with Crippen LogP contribution < -0.4 is 9.62 Å². The molecule has 0 spiro atoms. The minimum atomic E-state index is -3.43. The molecule has 0 amide bonds. The average molecular weight is 299 g/mol. The molecule has 8 heteroatoms. The molecule has 0 aromatic heterocycles. The summed E-state index contributed by atoms with van der Waals surface area (Å²) in [7, 11) is -1.97. The van der Waals surface area contributed by atoms with Gasteiger partial charge in [-0.25, -0.2) is 8.42 Å². The molecule has 0 radical (unpaired) electrons. The lowest BCUT2D eigenvalue weighted by Crippen LogP contribution is -2.37. The van der Waals surface area contributed by atoms with E-state index in [2.05, 4.69) is 5.32 Å². The molecule has 1 N–H and O–H groups in total. The van der Waals surface area contributed by atoms with Gasteiger partial charge in [-0.05, 0) is 31.5 Å². The second kappa shape index (κ2) is 5.76. The molecule has 1 aromatic carbocycles. The molecule has 0 saturated carbocycles. The van der Waals surface area contributed by atoms with Crippen LogP contribution in [0.2, 0.25) is 0 Å². The second-order valence-electron chi connectivity index (χ2n) is 4.81. The van der Waals surface area contributed by atoms with Crippen LogP contribution >= 0.6 is 0 Å². The second-order valence-corrected chi connectivity index (χ2v) is 6.86. The lowest BCUT2D eigenvalue weighted by atomic mass is 10.3. The first-order chi connectivity index (χ1) is 9.40. The Kier molecular flexibility index (Phi) is 4.24. The summed E-state index contributed by atoms with van der Waals surface area (Å²) in [6.45, 7) is 0.849. The first-order valence-electron chi connectivity index (χ1n) is 6.34. The van der Waals surface area contributed by atoms with E-state index in [0.29, 0.717) is 5.69 Å². The van der Waals surface area contributed by atoms with Crippen molar-refractivity contribution >= 4 is 21.4 Å². The zero-order chi connectivity index (χ0) is 14.8. The number of nitrogens with one attached hydrogen (secondary N) is 1. The van der Waals surface area contributed by atoms with Gasteiger partial charge < -0.3 is 5.32 Å². The van der Waals surface area contributed by atoms with Crippen LogP contribution in [-0.2, 0) is 10.0 Å². The summed E-state index contributed by atoms with van der Waals surface area (Å²) in [5, 5.41) is 13.7. The number of rotatable bonds is 5. The molecule has 1 unspecified atom stereocenters. The number of non-ortho nitro benzene ring substituents is 1. The Balaban J connectivity index is 2.12. The van der Waals surface area contributed by atoms with E-state index in [0.717, 1.165) is 19.4 Å². The highest BCUT2D eigenvalue weighted by atomic mass is 32.2. The van der Waals surface area contributed by atoms with Gasteiger partial charge in [0.1, 0.15) is 0 Å². The first kappa shape index (κ1) is 14.7. The van der Waals surface area contributed by atoms with Crippen molar-refractivity contribution in [2.24, 2.45) is 0 Å². The van der Waals surface area contributed by atoms with Gasteiger partial charge in [-0.2, -0.15) is 0 Å². The number of anilines is 1. The topological polar surface area (TPSA) is 92.5 Å². The third-order valence-corrected chi connectivity index (χ3v) is 5.28. The van der Waals surface area contributed by atoms with E-state index in [1.807, 2.05) is 0 Å². The van der Waals surface area contributed by atoms with Crippen molar-refractivity contribution < 1.29 is 13.3 Å². The Morgan fingerprint density at radius 3 is 2.55 bits per heavy atom. The summed E-state index contributed by atoms with van der Waals surface area (Å²) in [5.74, 6) is 0.0422. The lowest BCUT2D eigenvalue weighted by Gasteiger charge is -2.21. The van der Waals surface area contributed by atoms with Crippen molar-refractivity contribution in [3.8, 4) is 0 Å². The number of hydrogen-bond acceptors (Lipinski definition) is 5. The highest BCUT2D eigenvalue weighted by molar-refractivity contribution is 7.92. The van der Waals surface area contributed by atoms with Crippen LogP contribution in [0.3, 0.4) is 0 Å². The molecule has 7 nitrogen and oxygen atoms in total. The van der Waals surface area contributed by atoms with Crippen molar-refractivity contribution in [1.29, 1.82) is 0 Å². The zero-order valence-electron chi connectivity index (χ0n) is 11.2. The third kappa shape index (κ3) is 3.26. The number of nitro groups is 1. The van der Waals surface area contributed by atoms with Gasteiger partial charge >= 0.3 is 0 Å². The molecular weight excluding hydrogens is 282 g/mol. The molecule has 1 atom stereocenters. The molecule has 1 aliphatic heterocycles. The van der Waals surface area contributed by atoms with Gasteiger partial charge in [0.25, 0.3) is 5.69 Å². The van der Waals surface area contributed by atoms with E-state index in [4.69, 9.17) is 0 Å². The summed E-state index contributed by atoms with van der Waals surface area (Å²) in [5.41, 5.74) is 0.366. The fourth-order valence-electron chi connectivity index (χ4n) is 2.21. The van der Waals surface area contributed by atoms with Gasteiger partial charge in [-0.15, -0.1) is 0 Å². The maximum Gasteiger partial charge on any atom is 0.269 e. The Morgan fingerprint density at radius 1 is 1.40 bits per heavy atom. The van der Waals surface area contributed by atoms with Crippen LogP contribution in [0.25, 0.3) is 0 Å². The first-order valence-corrected chi connectivity index (χ1v) is 7.95. The normalized spacial score (nSPS) is 18.9. The summed E-state index contributed by atoms with van der Waals surface area (Å²) in [6.07, 6.45) is 1.84. The quantitative estimate of drug-likeness (QED) is 0.649. The van der Waals surface area contributed by atoms with Crippen molar-refractivity contribution in [2.75, 3.05) is 23.7 Å². The molecule has 110 valence electrons. The third-order valence-electron chi connectivity index (χ3n) is 3.42. The number of benzene rings is 1. The van der Waals surface area contributed by atoms with E-state index in [1.165, 1.54) is 35.6 Å². The fourth-order valence-corrected chi connectivity index (χ4v) is 3.67. The molecule has 0 bridgehead atoms. The summed E-state index contributed by atoms with van der Waals surface area (Å²) < 4.78 is 25.7. The van der Waals surface area contributed by atoms with E-state index in [-0.39, 0.29) is 17.5 Å². The van der Waals surface area contributed by atoms with Crippen molar-refractivity contribution in [3.63, 3.8) is 0 Å². The van der Waals surface area contributed by atoms with Crippen molar-refractivity contribution in [1.82, 2.24) is 5.32 Å². The van der Waals surface area contributed by atoms with E-state index >= 15 is 0 Å². The summed E-state index contributed by atoms with van der Waals surface area (Å²) in [6, 6.07) is 5.47. The Labute approximate surface area is 117 Å². The Bertz CT molecular complexity index is 579. The Hall–Kier alpha value is -1.67. The van der Waals surface area contributed by atoms with Crippen molar-refractivity contribution in [3.05, 3.63) is 34.4 Å². The van der Waals surface area contributed by atoms with Gasteiger partial charge in [0.2, 0.25) is 10.0 Å². The maximum atomic E-state index is 12.3. The number of nitrogens with zero attached hydrogens (tertiary/aromatic N) is 2. The number of hydrogen-bond donors (Lipinski definition) is 1. The largest absolute Gasteiger partial charge is 0.313 e. The van der Waals surface area contributed by atoms with Crippen LogP contribution in [0.5, 0.6) is 0 Å². The summed E-state index contributed by atoms with van der Waals surface area (Å²) >= 11 is 0. The van der Waals surface area contributed by atoms with Gasteiger partial charge in [0, 0.05) is 25.2 Å². The van der Waals surface area contributed by atoms with Crippen LogP contribution in [-0.4, -0.2) is 38.7 Å². The predicted molar refractivity (Wildman–Crippen MR) is 76.3 cm³/mol. The molecule has 0 aliphatic carbocycles. The standard InChI is InChI=1S/C12H17N3O4S/c1-14(11-4-6-12(7-5-11)15(16)17)20(18,19)9-10-3-2-8-13-10/h4-7,10,13H,2-3,8-9H2,1H3. The monoisotopic (exact) mass is 299 g/mol. The molecule has 20 heavy (non-hydrogen) atoms. The lowest BCUT2D eigenvalue weighted by molar-refractivity contribution is -0.384. The van der Waals surface area contributed by atoms with E-state index < -0.39 is 14.9 Å². The molecule has 1 heterocycles. The molecule has 2 rings (SSSR count). The average Bonchev–Trinajstić information content (AvgIpc) is 2.90. The van der Waals surface area contributed by atoms with E-state index in [9.17, 15) is 18.5 Å². The SMILES string of the molecule is CN(c1ccc([N+](=O)[O-])cc1)S(=O)(=O)CC1CCCN1. The van der Waals surface area contributed by atoms with Gasteiger partial charge in [0.05, 0.1) is 16.4 Å². The molecule has 1 fully saturated rings.